The van der Waals surface area contributed by atoms with Crippen LogP contribution in [0.5, 0.6) is 0 Å². The highest BCUT2D eigenvalue weighted by Gasteiger charge is 2.31. The monoisotopic (exact) mass is 394 g/mol. The molecule has 0 amide bonds. The maximum absolute atomic E-state index is 12.3. The van der Waals surface area contributed by atoms with Gasteiger partial charge in [0.15, 0.2) is 5.78 Å². The predicted octanol–water partition coefficient (Wildman–Crippen LogP) is 4.12. The van der Waals surface area contributed by atoms with Crippen molar-refractivity contribution in [2.75, 3.05) is 0 Å². The van der Waals surface area contributed by atoms with Crippen LogP contribution in [0.4, 0.5) is 0 Å². The van der Waals surface area contributed by atoms with Crippen LogP contribution in [0.2, 0.25) is 0 Å². The lowest BCUT2D eigenvalue weighted by Gasteiger charge is -2.16. The van der Waals surface area contributed by atoms with E-state index in [1.165, 1.54) is 0 Å². The first-order valence-electron chi connectivity index (χ1n) is 9.85. The molecule has 0 bridgehead atoms. The molecular weight excluding hydrogens is 368 g/mol. The average Bonchev–Trinajstić information content (AvgIpc) is 3.23. The molecule has 0 radical (unpaired) electrons. The first-order valence-corrected chi connectivity index (χ1v) is 9.85. The molecule has 1 heterocycles. The fourth-order valence-corrected chi connectivity index (χ4v) is 3.63. The molecule has 3 atom stereocenters. The van der Waals surface area contributed by atoms with E-state index in [0.29, 0.717) is 25.1 Å². The van der Waals surface area contributed by atoms with Crippen molar-refractivity contribution in [3.8, 4) is 0 Å². The number of para-hydroxylation sites is 2. The summed E-state index contributed by atoms with van der Waals surface area (Å²) in [6, 6.07) is 7.59. The van der Waals surface area contributed by atoms with Gasteiger partial charge >= 0.3 is 5.97 Å². The lowest BCUT2D eigenvalue weighted by atomic mass is 9.87. The highest BCUT2D eigenvalue weighted by Crippen LogP contribution is 2.33. The van der Waals surface area contributed by atoms with Crippen LogP contribution < -0.4 is 0 Å². The molecule has 2 aromatic rings. The number of unbranched alkanes of at least 4 members (excludes halogenated alkanes) is 1. The van der Waals surface area contributed by atoms with Crippen molar-refractivity contribution < 1.29 is 19.8 Å². The van der Waals surface area contributed by atoms with Gasteiger partial charge in [-0.2, -0.15) is 0 Å². The predicted molar refractivity (Wildman–Crippen MR) is 111 cm³/mol. The largest absolute Gasteiger partial charge is 0.481 e. The summed E-state index contributed by atoms with van der Waals surface area (Å²) >= 11 is 0. The van der Waals surface area contributed by atoms with Crippen molar-refractivity contribution in [3.05, 3.63) is 66.0 Å². The maximum atomic E-state index is 12.3. The number of carbonyl (C=O) groups is 2. The quantitative estimate of drug-likeness (QED) is 0.439. The first-order chi connectivity index (χ1) is 14.0. The van der Waals surface area contributed by atoms with Crippen LogP contribution in [0.25, 0.3) is 11.0 Å². The van der Waals surface area contributed by atoms with Crippen molar-refractivity contribution in [1.29, 1.82) is 0 Å². The third-order valence-electron chi connectivity index (χ3n) is 5.20. The summed E-state index contributed by atoms with van der Waals surface area (Å²) in [4.78, 5) is 30.4. The van der Waals surface area contributed by atoms with Crippen molar-refractivity contribution in [3.63, 3.8) is 0 Å². The number of ketones is 1. The maximum Gasteiger partial charge on any atom is 0.303 e. The average molecular weight is 394 g/mol. The number of nitrogens with zero attached hydrogens (tertiary/aromatic N) is 1. The van der Waals surface area contributed by atoms with Gasteiger partial charge < -0.3 is 15.2 Å². The van der Waals surface area contributed by atoms with Gasteiger partial charge in [0, 0.05) is 18.3 Å². The van der Waals surface area contributed by atoms with Crippen LogP contribution in [0.1, 0.15) is 44.5 Å². The third-order valence-corrected chi connectivity index (χ3v) is 5.20. The van der Waals surface area contributed by atoms with E-state index in [0.717, 1.165) is 16.6 Å². The molecule has 0 fully saturated rings. The van der Waals surface area contributed by atoms with Gasteiger partial charge in [0.05, 0.1) is 11.0 Å². The van der Waals surface area contributed by atoms with Gasteiger partial charge in [-0.25, -0.2) is 4.98 Å². The molecule has 3 N–H and O–H groups in total. The molecule has 0 saturated carbocycles. The number of fused-ring (bicyclic) bond motifs is 1. The molecule has 1 aliphatic carbocycles. The van der Waals surface area contributed by atoms with Gasteiger partial charge in [0.2, 0.25) is 0 Å². The summed E-state index contributed by atoms with van der Waals surface area (Å²) in [7, 11) is 0. The van der Waals surface area contributed by atoms with E-state index in [-0.39, 0.29) is 24.0 Å². The highest BCUT2D eigenvalue weighted by molar-refractivity contribution is 5.96. The van der Waals surface area contributed by atoms with Crippen LogP contribution in [0.15, 0.2) is 60.2 Å². The Morgan fingerprint density at radius 2 is 2.10 bits per heavy atom. The number of H-pyrrole nitrogens is 1. The number of nitrogens with one attached hydrogen (secondary N) is 1. The molecule has 0 spiro atoms. The zero-order chi connectivity index (χ0) is 20.8. The number of aromatic amines is 1. The van der Waals surface area contributed by atoms with E-state index in [1.807, 2.05) is 49.4 Å². The second-order valence-electron chi connectivity index (χ2n) is 7.39. The molecule has 0 aliphatic heterocycles. The number of hydrogen-bond acceptors (Lipinski definition) is 4. The third kappa shape index (κ3) is 5.29. The number of benzene rings is 1. The summed E-state index contributed by atoms with van der Waals surface area (Å²) in [6.45, 7) is 1.93. The van der Waals surface area contributed by atoms with Crippen LogP contribution in [-0.2, 0) is 9.59 Å². The number of aromatic nitrogens is 2. The highest BCUT2D eigenvalue weighted by atomic mass is 16.4. The van der Waals surface area contributed by atoms with Gasteiger partial charge in [0.25, 0.3) is 0 Å². The Bertz CT molecular complexity index is 937. The Kier molecular flexibility index (Phi) is 6.77. The zero-order valence-corrected chi connectivity index (χ0v) is 16.4. The van der Waals surface area contributed by atoms with Crippen molar-refractivity contribution in [2.45, 2.75) is 38.7 Å². The van der Waals surface area contributed by atoms with Crippen molar-refractivity contribution >= 4 is 22.8 Å². The Balaban J connectivity index is 1.62. The fraction of sp³-hybridized carbons (Fsp3) is 0.348. The van der Waals surface area contributed by atoms with Crippen LogP contribution >= 0.6 is 0 Å². The molecule has 1 aromatic heterocycles. The number of carboxylic acids is 1. The lowest BCUT2D eigenvalue weighted by Crippen LogP contribution is -2.15. The molecule has 29 heavy (non-hydrogen) atoms. The summed E-state index contributed by atoms with van der Waals surface area (Å²) < 4.78 is 0. The van der Waals surface area contributed by atoms with Crippen LogP contribution in [0.3, 0.4) is 0 Å². The van der Waals surface area contributed by atoms with Crippen LogP contribution in [-0.4, -0.2) is 31.9 Å². The molecule has 0 unspecified atom stereocenters. The zero-order valence-electron chi connectivity index (χ0n) is 16.4. The number of imidazole rings is 1. The summed E-state index contributed by atoms with van der Waals surface area (Å²) in [5.41, 5.74) is 2.65. The number of aliphatic hydroxyl groups is 1. The minimum atomic E-state index is -0.877. The summed E-state index contributed by atoms with van der Waals surface area (Å²) in [6.07, 6.45) is 10.3. The number of aliphatic carboxylic acids is 1. The second-order valence-corrected chi connectivity index (χ2v) is 7.39. The molecule has 1 aliphatic rings. The molecule has 6 nitrogen and oxygen atoms in total. The van der Waals surface area contributed by atoms with Gasteiger partial charge in [-0.05, 0) is 44.4 Å². The minimum absolute atomic E-state index is 0.0646. The molecule has 3 rings (SSSR count). The molecule has 1 aromatic carbocycles. The van der Waals surface area contributed by atoms with Crippen molar-refractivity contribution in [2.24, 2.45) is 11.8 Å². The van der Waals surface area contributed by atoms with Gasteiger partial charge in [0.1, 0.15) is 11.9 Å². The minimum Gasteiger partial charge on any atom is -0.481 e. The van der Waals surface area contributed by atoms with E-state index < -0.39 is 12.1 Å². The Morgan fingerprint density at radius 1 is 1.31 bits per heavy atom. The normalized spacial score (nSPS) is 20.8. The second kappa shape index (κ2) is 9.47. The number of carboxylic acid groups (broad SMARTS) is 1. The van der Waals surface area contributed by atoms with Crippen LogP contribution in [0, 0.1) is 11.8 Å². The molecule has 6 heteroatoms. The van der Waals surface area contributed by atoms with Gasteiger partial charge in [-0.1, -0.05) is 42.0 Å². The van der Waals surface area contributed by atoms with E-state index in [1.54, 1.807) is 12.2 Å². The number of aliphatic hydroxyl groups excluding tert-OH is 1. The topological polar surface area (TPSA) is 103 Å². The number of hydrogen-bond donors (Lipinski definition) is 3. The van der Waals surface area contributed by atoms with E-state index in [9.17, 15) is 14.7 Å². The molecule has 0 saturated heterocycles. The van der Waals surface area contributed by atoms with Gasteiger partial charge in [-0.3, -0.25) is 9.59 Å². The summed E-state index contributed by atoms with van der Waals surface area (Å²) in [5, 5.41) is 19.1. The van der Waals surface area contributed by atoms with E-state index in [2.05, 4.69) is 9.97 Å². The van der Waals surface area contributed by atoms with E-state index in [4.69, 9.17) is 5.11 Å². The van der Waals surface area contributed by atoms with Gasteiger partial charge in [-0.15, -0.1) is 0 Å². The summed E-state index contributed by atoms with van der Waals surface area (Å²) in [5.74, 6) is -0.485. The lowest BCUT2D eigenvalue weighted by molar-refractivity contribution is -0.137. The Morgan fingerprint density at radius 3 is 2.86 bits per heavy atom. The van der Waals surface area contributed by atoms with Crippen molar-refractivity contribution in [1.82, 2.24) is 9.97 Å². The number of allylic oxidation sites excluding steroid dienone is 5. The molecule has 152 valence electrons. The number of rotatable bonds is 9. The Labute approximate surface area is 169 Å². The first kappa shape index (κ1) is 20.7. The molecular formula is C23H26N2O4. The Hall–Kier alpha value is -2.99. The standard InChI is InChI=1S/C23H26N2O4/c1-15-14-21(27)17(8-4-2-3-5-11-22(28)29)16(15)12-13-20(26)23-24-18-9-6-7-10-19(18)25-23/h2,4,6-7,9-10,12-14,16-17,20,26H,3,5,8,11H2,1H3,(H,24,25)(H,28,29)/t16-,17+,20+/m0/s1. The SMILES string of the molecule is CC1=CC(=O)[C@H](CC=CCCCC(=O)O)[C@H]1C=C[C@@H](O)c1nc2ccccc2[nH]1. The fourth-order valence-electron chi connectivity index (χ4n) is 3.63. The number of carbonyl (C=O) groups excluding carboxylic acids is 1. The smallest absolute Gasteiger partial charge is 0.303 e. The van der Waals surface area contributed by atoms with E-state index >= 15 is 0 Å².